The van der Waals surface area contributed by atoms with Crippen molar-refractivity contribution in [2.24, 2.45) is 11.1 Å². The number of hydrogen-bond donors (Lipinski definition) is 1. The normalized spacial score (nSPS) is 13.7. The van der Waals surface area contributed by atoms with Crippen molar-refractivity contribution < 1.29 is 33.1 Å². The fourth-order valence-corrected chi connectivity index (χ4v) is 1.82. The van der Waals surface area contributed by atoms with Crippen LogP contribution in [0.2, 0.25) is 0 Å². The minimum atomic E-state index is -1.16. The van der Waals surface area contributed by atoms with Gasteiger partial charge in [-0.05, 0) is 40.7 Å². The van der Waals surface area contributed by atoms with Gasteiger partial charge in [0.1, 0.15) is 18.5 Å². The number of alkyl carbamates (subject to hydrolysis) is 1. The number of halogens is 1. The lowest BCUT2D eigenvalue weighted by Crippen LogP contribution is -2.33. The summed E-state index contributed by atoms with van der Waals surface area (Å²) < 4.78 is 23.9. The molecule has 0 heterocycles. The molecule has 1 N–H and O–H groups in total. The summed E-state index contributed by atoms with van der Waals surface area (Å²) in [6, 6.07) is 0. The number of carbonyl (C=O) groups is 3. The first-order valence-electron chi connectivity index (χ1n) is 8.11. The van der Waals surface area contributed by atoms with Gasteiger partial charge in [-0.2, -0.15) is 0 Å². The SMILES string of the molecule is CCOC(=O)/C(=N\OC)C(C/C(F)=C/CNC(=O)OC(C)(C)C)C(C)=O. The maximum absolute atomic E-state index is 14.1. The summed E-state index contributed by atoms with van der Waals surface area (Å²) in [5.41, 5.74) is -0.984. The number of amides is 1. The fourth-order valence-electron chi connectivity index (χ4n) is 1.82. The molecule has 0 bridgehead atoms. The molecule has 0 radical (unpaired) electrons. The van der Waals surface area contributed by atoms with Crippen LogP contribution in [0.5, 0.6) is 0 Å². The smallest absolute Gasteiger partial charge is 0.407 e. The van der Waals surface area contributed by atoms with Crippen molar-refractivity contribution >= 4 is 23.6 Å². The van der Waals surface area contributed by atoms with Crippen LogP contribution in [0.4, 0.5) is 9.18 Å². The molecular formula is C17H27FN2O6. The summed E-state index contributed by atoms with van der Waals surface area (Å²) >= 11 is 0. The number of nitrogens with zero attached hydrogens (tertiary/aromatic N) is 1. The monoisotopic (exact) mass is 374 g/mol. The van der Waals surface area contributed by atoms with Crippen molar-refractivity contribution in [3.63, 3.8) is 0 Å². The molecule has 1 amide bonds. The first-order valence-corrected chi connectivity index (χ1v) is 8.11. The fraction of sp³-hybridized carbons (Fsp3) is 0.647. The number of ketones is 1. The summed E-state index contributed by atoms with van der Waals surface area (Å²) in [6.45, 7) is 7.84. The zero-order valence-electron chi connectivity index (χ0n) is 16.1. The third-order valence-corrected chi connectivity index (χ3v) is 2.86. The average Bonchev–Trinajstić information content (AvgIpc) is 2.48. The van der Waals surface area contributed by atoms with E-state index in [1.54, 1.807) is 27.7 Å². The molecular weight excluding hydrogens is 347 g/mol. The Morgan fingerprint density at radius 1 is 1.27 bits per heavy atom. The Balaban J connectivity index is 4.98. The minimum Gasteiger partial charge on any atom is -0.461 e. The van der Waals surface area contributed by atoms with E-state index in [0.29, 0.717) is 0 Å². The van der Waals surface area contributed by atoms with Gasteiger partial charge in [-0.3, -0.25) is 4.79 Å². The number of carbonyl (C=O) groups excluding carboxylic acids is 3. The predicted molar refractivity (Wildman–Crippen MR) is 93.3 cm³/mol. The van der Waals surface area contributed by atoms with Crippen LogP contribution in [0.25, 0.3) is 0 Å². The molecule has 0 rings (SSSR count). The zero-order valence-corrected chi connectivity index (χ0v) is 16.1. The molecule has 1 unspecified atom stereocenters. The highest BCUT2D eigenvalue weighted by molar-refractivity contribution is 6.40. The van der Waals surface area contributed by atoms with E-state index >= 15 is 0 Å². The average molecular weight is 374 g/mol. The Bertz CT molecular complexity index is 566. The topological polar surface area (TPSA) is 103 Å². The summed E-state index contributed by atoms with van der Waals surface area (Å²) in [5.74, 6) is -3.19. The standard InChI is InChI=1S/C17H27FN2O6/c1-7-25-15(22)14(20-24-6)13(11(2)21)10-12(18)8-9-19-16(23)26-17(3,4)5/h8,13H,7,9-10H2,1-6H3,(H,19,23)/b12-8-,20-14-. The van der Waals surface area contributed by atoms with Gasteiger partial charge >= 0.3 is 12.1 Å². The second-order valence-corrected chi connectivity index (χ2v) is 6.28. The highest BCUT2D eigenvalue weighted by atomic mass is 19.1. The molecule has 0 aromatic carbocycles. The van der Waals surface area contributed by atoms with Gasteiger partial charge in [-0.15, -0.1) is 0 Å². The van der Waals surface area contributed by atoms with Gasteiger partial charge in [-0.25, -0.2) is 14.0 Å². The van der Waals surface area contributed by atoms with Gasteiger partial charge in [-0.1, -0.05) is 5.16 Å². The molecule has 9 heteroatoms. The lowest BCUT2D eigenvalue weighted by atomic mass is 9.94. The van der Waals surface area contributed by atoms with Crippen LogP contribution in [0.3, 0.4) is 0 Å². The van der Waals surface area contributed by atoms with Crippen LogP contribution in [-0.4, -0.2) is 49.4 Å². The largest absolute Gasteiger partial charge is 0.461 e. The van der Waals surface area contributed by atoms with Crippen molar-refractivity contribution in [3.8, 4) is 0 Å². The number of esters is 1. The molecule has 26 heavy (non-hydrogen) atoms. The minimum absolute atomic E-state index is 0.0737. The van der Waals surface area contributed by atoms with Gasteiger partial charge in [0.05, 0.1) is 18.4 Å². The van der Waals surface area contributed by atoms with E-state index in [1.807, 2.05) is 0 Å². The first-order chi connectivity index (χ1) is 12.0. The van der Waals surface area contributed by atoms with Crippen molar-refractivity contribution in [2.45, 2.75) is 46.6 Å². The van der Waals surface area contributed by atoms with Crippen LogP contribution in [0.1, 0.15) is 41.0 Å². The van der Waals surface area contributed by atoms with Crippen LogP contribution < -0.4 is 5.32 Å². The van der Waals surface area contributed by atoms with E-state index < -0.39 is 41.6 Å². The third kappa shape index (κ3) is 9.75. The molecule has 0 aliphatic rings. The van der Waals surface area contributed by atoms with Gasteiger partial charge in [0.15, 0.2) is 5.71 Å². The molecule has 0 aromatic rings. The van der Waals surface area contributed by atoms with E-state index in [4.69, 9.17) is 9.47 Å². The molecule has 0 aromatic heterocycles. The van der Waals surface area contributed by atoms with Crippen molar-refractivity contribution in [1.82, 2.24) is 5.32 Å². The number of rotatable bonds is 9. The number of allylic oxidation sites excluding steroid dienone is 1. The highest BCUT2D eigenvalue weighted by Gasteiger charge is 2.30. The molecule has 0 fully saturated rings. The molecule has 0 spiro atoms. The van der Waals surface area contributed by atoms with Gasteiger partial charge in [0.2, 0.25) is 0 Å². The maximum Gasteiger partial charge on any atom is 0.407 e. The van der Waals surface area contributed by atoms with E-state index in [2.05, 4.69) is 15.3 Å². The lowest BCUT2D eigenvalue weighted by molar-refractivity contribution is -0.136. The second kappa shape index (κ2) is 11.2. The van der Waals surface area contributed by atoms with Crippen LogP contribution in [-0.2, 0) is 23.9 Å². The van der Waals surface area contributed by atoms with Gasteiger partial charge in [0.25, 0.3) is 0 Å². The number of nitrogens with one attached hydrogen (secondary N) is 1. The Morgan fingerprint density at radius 2 is 1.88 bits per heavy atom. The summed E-state index contributed by atoms with van der Waals surface area (Å²) in [7, 11) is 1.20. The van der Waals surface area contributed by atoms with E-state index in [1.165, 1.54) is 14.0 Å². The van der Waals surface area contributed by atoms with Crippen LogP contribution >= 0.6 is 0 Å². The quantitative estimate of drug-likeness (QED) is 0.378. The van der Waals surface area contributed by atoms with E-state index in [9.17, 15) is 18.8 Å². The Hall–Kier alpha value is -2.45. The number of oxime groups is 1. The Kier molecular flexibility index (Phi) is 10.2. The summed E-state index contributed by atoms with van der Waals surface area (Å²) in [6.07, 6.45) is -0.0280. The lowest BCUT2D eigenvalue weighted by Gasteiger charge is -2.19. The number of hydrogen-bond acceptors (Lipinski definition) is 7. The summed E-state index contributed by atoms with van der Waals surface area (Å²) in [5, 5.41) is 5.86. The zero-order chi connectivity index (χ0) is 20.3. The molecule has 1 atom stereocenters. The summed E-state index contributed by atoms with van der Waals surface area (Å²) in [4.78, 5) is 39.8. The number of Topliss-reactive ketones (excluding diaryl/α,β-unsaturated/α-hetero) is 1. The molecule has 0 saturated heterocycles. The number of ether oxygens (including phenoxy) is 2. The first kappa shape index (κ1) is 23.5. The molecule has 0 saturated carbocycles. The molecule has 0 aliphatic heterocycles. The highest BCUT2D eigenvalue weighted by Crippen LogP contribution is 2.17. The molecule has 0 aliphatic carbocycles. The van der Waals surface area contributed by atoms with Crippen molar-refractivity contribution in [3.05, 3.63) is 11.9 Å². The third-order valence-electron chi connectivity index (χ3n) is 2.86. The molecule has 148 valence electrons. The predicted octanol–water partition coefficient (Wildman–Crippen LogP) is 2.53. The van der Waals surface area contributed by atoms with Gasteiger partial charge in [0, 0.05) is 13.0 Å². The second-order valence-electron chi connectivity index (χ2n) is 6.28. The van der Waals surface area contributed by atoms with Crippen LogP contribution in [0.15, 0.2) is 17.1 Å². The van der Waals surface area contributed by atoms with Crippen LogP contribution in [0, 0.1) is 5.92 Å². The maximum atomic E-state index is 14.1. The molecule has 8 nitrogen and oxygen atoms in total. The Labute approximate surface area is 152 Å². The van der Waals surface area contributed by atoms with Crippen molar-refractivity contribution in [1.29, 1.82) is 0 Å². The van der Waals surface area contributed by atoms with E-state index in [-0.39, 0.29) is 18.9 Å². The Morgan fingerprint density at radius 3 is 2.35 bits per heavy atom. The van der Waals surface area contributed by atoms with Crippen molar-refractivity contribution in [2.75, 3.05) is 20.3 Å². The van der Waals surface area contributed by atoms with E-state index in [0.717, 1.165) is 6.08 Å². The van der Waals surface area contributed by atoms with Gasteiger partial charge < -0.3 is 19.6 Å².